The van der Waals surface area contributed by atoms with Gasteiger partial charge in [0.15, 0.2) is 0 Å². The van der Waals surface area contributed by atoms with Crippen LogP contribution in [0.2, 0.25) is 5.02 Å². The molecule has 1 N–H and O–H groups in total. The van der Waals surface area contributed by atoms with Gasteiger partial charge in [-0.2, -0.15) is 9.41 Å². The van der Waals surface area contributed by atoms with Crippen molar-refractivity contribution >= 4 is 44.5 Å². The van der Waals surface area contributed by atoms with Gasteiger partial charge in [0.1, 0.15) is 5.82 Å². The predicted octanol–water partition coefficient (Wildman–Crippen LogP) is 3.40. The minimum atomic E-state index is -3.88. The molecule has 9 heteroatoms. The molecule has 6 nitrogen and oxygen atoms in total. The molecule has 0 aliphatic carbocycles. The molecule has 29 heavy (non-hydrogen) atoms. The smallest absolute Gasteiger partial charge is 0.255 e. The van der Waals surface area contributed by atoms with E-state index in [1.165, 1.54) is 31.3 Å². The van der Waals surface area contributed by atoms with Crippen molar-refractivity contribution in [2.24, 2.45) is 5.10 Å². The Labute approximate surface area is 172 Å². The van der Waals surface area contributed by atoms with Crippen LogP contribution in [0, 0.1) is 5.82 Å². The topological polar surface area (TPSA) is 78.8 Å². The second-order valence-corrected chi connectivity index (χ2v) is 8.65. The number of fused-ring (bicyclic) bond motifs is 1. The number of nitrogens with zero attached hydrogens (tertiary/aromatic N) is 2. The van der Waals surface area contributed by atoms with E-state index in [2.05, 4.69) is 10.5 Å². The van der Waals surface area contributed by atoms with E-state index in [1.54, 1.807) is 12.1 Å². The Morgan fingerprint density at radius 3 is 2.59 bits per heavy atom. The first-order valence-electron chi connectivity index (χ1n) is 8.50. The van der Waals surface area contributed by atoms with Crippen LogP contribution in [-0.2, 0) is 14.8 Å². The summed E-state index contributed by atoms with van der Waals surface area (Å²) in [6.07, 6.45) is 1.06. The Balaban J connectivity index is 1.68. The first-order chi connectivity index (χ1) is 13.8. The highest BCUT2D eigenvalue weighted by atomic mass is 35.5. The third-order valence-corrected chi connectivity index (χ3v) is 6.31. The van der Waals surface area contributed by atoms with Crippen molar-refractivity contribution in [1.82, 2.24) is 9.73 Å². The number of halogens is 2. The van der Waals surface area contributed by atoms with Gasteiger partial charge in [-0.05, 0) is 35.0 Å². The molecule has 150 valence electrons. The van der Waals surface area contributed by atoms with E-state index in [0.717, 1.165) is 21.3 Å². The summed E-state index contributed by atoms with van der Waals surface area (Å²) in [6.45, 7) is -0.461. The van der Waals surface area contributed by atoms with Gasteiger partial charge in [0, 0.05) is 12.6 Å². The average Bonchev–Trinajstić information content (AvgIpc) is 2.69. The Kier molecular flexibility index (Phi) is 6.26. The number of nitrogens with one attached hydrogen (secondary N) is 1. The predicted molar refractivity (Wildman–Crippen MR) is 111 cm³/mol. The number of hydrogen-bond donors (Lipinski definition) is 1. The SMILES string of the molecule is CN(CC(=O)N/N=C\c1c(F)cccc1Cl)S(=O)(=O)c1ccc2ccccc2c1. The lowest BCUT2D eigenvalue weighted by Crippen LogP contribution is -2.36. The quantitative estimate of drug-likeness (QED) is 0.478. The molecule has 0 radical (unpaired) electrons. The lowest BCUT2D eigenvalue weighted by molar-refractivity contribution is -0.121. The van der Waals surface area contributed by atoms with E-state index in [4.69, 9.17) is 11.6 Å². The van der Waals surface area contributed by atoms with Crippen LogP contribution >= 0.6 is 11.6 Å². The van der Waals surface area contributed by atoms with Crippen molar-refractivity contribution in [3.05, 3.63) is 77.1 Å². The van der Waals surface area contributed by atoms with Crippen LogP contribution in [0.15, 0.2) is 70.7 Å². The molecule has 1 amide bonds. The molecule has 0 atom stereocenters. The summed E-state index contributed by atoms with van der Waals surface area (Å²) in [5.74, 6) is -1.27. The zero-order valence-electron chi connectivity index (χ0n) is 15.3. The number of sulfonamides is 1. The first-order valence-corrected chi connectivity index (χ1v) is 10.3. The van der Waals surface area contributed by atoms with Gasteiger partial charge < -0.3 is 0 Å². The van der Waals surface area contributed by atoms with Crippen LogP contribution < -0.4 is 5.43 Å². The van der Waals surface area contributed by atoms with E-state index < -0.39 is 28.3 Å². The zero-order valence-corrected chi connectivity index (χ0v) is 16.9. The third kappa shape index (κ3) is 4.79. The largest absolute Gasteiger partial charge is 0.272 e. The monoisotopic (exact) mass is 433 g/mol. The van der Waals surface area contributed by atoms with Gasteiger partial charge in [-0.15, -0.1) is 0 Å². The van der Waals surface area contributed by atoms with Gasteiger partial charge in [0.25, 0.3) is 5.91 Å². The van der Waals surface area contributed by atoms with E-state index in [9.17, 15) is 17.6 Å². The summed E-state index contributed by atoms with van der Waals surface area (Å²) in [5.41, 5.74) is 2.19. The third-order valence-electron chi connectivity index (χ3n) is 4.18. The maximum Gasteiger partial charge on any atom is 0.255 e. The van der Waals surface area contributed by atoms with Crippen molar-refractivity contribution in [2.45, 2.75) is 4.90 Å². The molecule has 0 aromatic heterocycles. The van der Waals surface area contributed by atoms with Gasteiger partial charge in [0.2, 0.25) is 10.0 Å². The number of carbonyl (C=O) groups is 1. The number of rotatable bonds is 6. The fourth-order valence-corrected chi connectivity index (χ4v) is 4.01. The summed E-state index contributed by atoms with van der Waals surface area (Å²) in [6, 6.07) is 16.3. The molecule has 0 saturated carbocycles. The Bertz CT molecular complexity index is 1180. The van der Waals surface area contributed by atoms with E-state index in [-0.39, 0.29) is 15.5 Å². The van der Waals surface area contributed by atoms with E-state index >= 15 is 0 Å². The Morgan fingerprint density at radius 2 is 1.86 bits per heavy atom. The lowest BCUT2D eigenvalue weighted by atomic mass is 10.1. The number of benzene rings is 3. The molecular weight excluding hydrogens is 417 g/mol. The lowest BCUT2D eigenvalue weighted by Gasteiger charge is -2.16. The number of carbonyl (C=O) groups excluding carboxylic acids is 1. The first kappa shape index (κ1) is 20.9. The number of likely N-dealkylation sites (N-methyl/N-ethyl adjacent to an activating group) is 1. The summed E-state index contributed by atoms with van der Waals surface area (Å²) in [5, 5.41) is 5.47. The van der Waals surface area contributed by atoms with Crippen molar-refractivity contribution in [3.8, 4) is 0 Å². The van der Waals surface area contributed by atoms with Crippen LogP contribution in [0.1, 0.15) is 5.56 Å². The van der Waals surface area contributed by atoms with Crippen LogP contribution in [0.5, 0.6) is 0 Å². The molecular formula is C20H17ClFN3O3S. The fourth-order valence-electron chi connectivity index (χ4n) is 2.63. The Hall–Kier alpha value is -2.81. The van der Waals surface area contributed by atoms with Crippen LogP contribution in [0.4, 0.5) is 4.39 Å². The normalized spacial score (nSPS) is 12.0. The van der Waals surface area contributed by atoms with E-state index in [1.807, 2.05) is 24.3 Å². The standard InChI is InChI=1S/C20H17ClFN3O3S/c1-25(13-20(26)24-23-12-17-18(21)7-4-8-19(17)22)29(27,28)16-10-9-14-5-2-3-6-15(14)11-16/h2-12H,13H2,1H3,(H,24,26)/b23-12-. The van der Waals surface area contributed by atoms with Crippen LogP contribution in [0.3, 0.4) is 0 Å². The van der Waals surface area contributed by atoms with Crippen molar-refractivity contribution in [1.29, 1.82) is 0 Å². The minimum absolute atomic E-state index is 0.0200. The number of hydrogen-bond acceptors (Lipinski definition) is 4. The highest BCUT2D eigenvalue weighted by Crippen LogP contribution is 2.21. The molecule has 0 fully saturated rings. The maximum absolute atomic E-state index is 13.7. The summed E-state index contributed by atoms with van der Waals surface area (Å²) >= 11 is 5.87. The molecule has 3 aromatic rings. The van der Waals surface area contributed by atoms with E-state index in [0.29, 0.717) is 0 Å². The molecule has 0 unspecified atom stereocenters. The van der Waals surface area contributed by atoms with Crippen molar-refractivity contribution in [2.75, 3.05) is 13.6 Å². The van der Waals surface area contributed by atoms with Gasteiger partial charge in [-0.25, -0.2) is 18.2 Å². The average molecular weight is 434 g/mol. The molecule has 0 aliphatic rings. The highest BCUT2D eigenvalue weighted by Gasteiger charge is 2.23. The van der Waals surface area contributed by atoms with Crippen LogP contribution in [-0.4, -0.2) is 38.4 Å². The molecule has 0 aliphatic heterocycles. The van der Waals surface area contributed by atoms with Crippen molar-refractivity contribution < 1.29 is 17.6 Å². The molecule has 3 aromatic carbocycles. The zero-order chi connectivity index (χ0) is 21.0. The summed E-state index contributed by atoms with van der Waals surface area (Å²) in [4.78, 5) is 12.1. The second-order valence-electron chi connectivity index (χ2n) is 6.20. The fraction of sp³-hybridized carbons (Fsp3) is 0.100. The van der Waals surface area contributed by atoms with Crippen LogP contribution in [0.25, 0.3) is 10.8 Å². The van der Waals surface area contributed by atoms with Gasteiger partial charge in [-0.1, -0.05) is 48.0 Å². The second kappa shape index (κ2) is 8.69. The Morgan fingerprint density at radius 1 is 1.14 bits per heavy atom. The molecule has 0 spiro atoms. The molecule has 0 heterocycles. The highest BCUT2D eigenvalue weighted by molar-refractivity contribution is 7.89. The molecule has 0 bridgehead atoms. The molecule has 0 saturated heterocycles. The summed E-state index contributed by atoms with van der Waals surface area (Å²) in [7, 11) is -2.58. The van der Waals surface area contributed by atoms with Gasteiger partial charge >= 0.3 is 0 Å². The summed E-state index contributed by atoms with van der Waals surface area (Å²) < 4.78 is 40.1. The molecule has 3 rings (SSSR count). The number of hydrazone groups is 1. The maximum atomic E-state index is 13.7. The number of amides is 1. The minimum Gasteiger partial charge on any atom is -0.272 e. The van der Waals surface area contributed by atoms with Crippen molar-refractivity contribution in [3.63, 3.8) is 0 Å². The van der Waals surface area contributed by atoms with Gasteiger partial charge in [-0.3, -0.25) is 4.79 Å². The van der Waals surface area contributed by atoms with Gasteiger partial charge in [0.05, 0.1) is 22.7 Å².